The summed E-state index contributed by atoms with van der Waals surface area (Å²) in [7, 11) is -4.68. The van der Waals surface area contributed by atoms with Crippen LogP contribution in [0.1, 0.15) is 59.3 Å². The highest BCUT2D eigenvalue weighted by Gasteiger charge is 2.79. The molecule has 8 atom stereocenters. The lowest BCUT2D eigenvalue weighted by Gasteiger charge is -2.67. The van der Waals surface area contributed by atoms with Gasteiger partial charge in [0.05, 0.1) is 12.0 Å². The van der Waals surface area contributed by atoms with Gasteiger partial charge in [0.15, 0.2) is 0 Å². The van der Waals surface area contributed by atoms with Crippen LogP contribution in [0.4, 0.5) is 0 Å². The Balaban J connectivity index is 1.79. The number of hydrogen-bond donors (Lipinski definition) is 6. The first-order chi connectivity index (χ1) is 14.5. The maximum Gasteiger partial charge on any atom is 0.289 e. The van der Waals surface area contributed by atoms with Gasteiger partial charge in [-0.1, -0.05) is 13.8 Å². The van der Waals surface area contributed by atoms with Crippen molar-refractivity contribution >= 4 is 15.9 Å². The monoisotopic (exact) mass is 477 g/mol. The molecule has 6 N–H and O–H groups in total. The molecule has 0 aromatic carbocycles. The van der Waals surface area contributed by atoms with Crippen molar-refractivity contribution in [2.24, 2.45) is 34.5 Å². The lowest BCUT2D eigenvalue weighted by Crippen LogP contribution is -2.81. The predicted molar refractivity (Wildman–Crippen MR) is 108 cm³/mol. The molecule has 4 saturated carbocycles. The number of carbonyl (C=O) groups is 1. The van der Waals surface area contributed by atoms with E-state index in [0.717, 1.165) is 6.92 Å². The maximum absolute atomic E-state index is 12.6. The Morgan fingerprint density at radius 3 is 2.28 bits per heavy atom. The molecule has 4 aliphatic rings. The van der Waals surface area contributed by atoms with Crippen molar-refractivity contribution in [3.05, 3.63) is 5.75 Å². The molecular formula is C21H33O10S-. The highest BCUT2D eigenvalue weighted by molar-refractivity contribution is 7.88. The molecule has 32 heavy (non-hydrogen) atoms. The van der Waals surface area contributed by atoms with Crippen molar-refractivity contribution < 1.29 is 48.0 Å². The summed E-state index contributed by atoms with van der Waals surface area (Å²) in [6.07, 6.45) is 0.127. The topological polar surface area (TPSA) is 182 Å². The van der Waals surface area contributed by atoms with Gasteiger partial charge in [-0.2, -0.15) is 12.7 Å². The third-order valence-corrected chi connectivity index (χ3v) is 10.3. The Hall–Kier alpha value is -0.660. The fraction of sp³-hybridized carbons (Fsp3) is 0.905. The van der Waals surface area contributed by atoms with Crippen LogP contribution < -0.4 is 0 Å². The van der Waals surface area contributed by atoms with Crippen LogP contribution in [0.5, 0.6) is 0 Å². The summed E-state index contributed by atoms with van der Waals surface area (Å²) in [5, 5.41) is 65.7. The second kappa shape index (κ2) is 6.94. The Bertz CT molecular complexity index is 916. The molecule has 0 aliphatic heterocycles. The zero-order valence-electron chi connectivity index (χ0n) is 18.4. The molecule has 8 unspecified atom stereocenters. The zero-order chi connectivity index (χ0) is 24.1. The van der Waals surface area contributed by atoms with E-state index in [2.05, 4.69) is 4.18 Å². The van der Waals surface area contributed by atoms with Crippen molar-refractivity contribution in [3.8, 4) is 0 Å². The summed E-state index contributed by atoms with van der Waals surface area (Å²) in [6.45, 7) is 4.56. The van der Waals surface area contributed by atoms with E-state index in [-0.39, 0.29) is 30.0 Å². The SMILES string of the molecule is C[CH-]S(=O)(=O)OC1(O)C(O)(O)CC2(C)C3CCC4(C)C(=O)CCC4C3CC(O)C2C1(O)O. The summed E-state index contributed by atoms with van der Waals surface area (Å²) in [5.41, 5.74) is -1.84. The molecule has 0 amide bonds. The van der Waals surface area contributed by atoms with Gasteiger partial charge in [-0.15, -0.1) is 0 Å². The minimum Gasteiger partial charge on any atom is -0.393 e. The molecule has 4 fully saturated rings. The molecule has 184 valence electrons. The molecule has 0 bridgehead atoms. The van der Waals surface area contributed by atoms with Gasteiger partial charge < -0.3 is 30.6 Å². The minimum atomic E-state index is -4.68. The van der Waals surface area contributed by atoms with Gasteiger partial charge in [0, 0.05) is 18.3 Å². The van der Waals surface area contributed by atoms with Gasteiger partial charge >= 0.3 is 0 Å². The molecule has 0 aromatic rings. The summed E-state index contributed by atoms with van der Waals surface area (Å²) in [6, 6.07) is 0. The van der Waals surface area contributed by atoms with E-state index >= 15 is 0 Å². The third-order valence-electron chi connectivity index (χ3n) is 9.23. The van der Waals surface area contributed by atoms with Crippen LogP contribution in [0.3, 0.4) is 0 Å². The first-order valence-electron chi connectivity index (χ1n) is 11.0. The zero-order valence-corrected chi connectivity index (χ0v) is 19.2. The first kappa shape index (κ1) is 24.5. The van der Waals surface area contributed by atoms with E-state index in [4.69, 9.17) is 0 Å². The Labute approximate surface area is 187 Å². The maximum atomic E-state index is 12.6. The molecule has 4 aliphatic carbocycles. The van der Waals surface area contributed by atoms with E-state index in [1.807, 2.05) is 6.92 Å². The van der Waals surface area contributed by atoms with Crippen LogP contribution in [0.15, 0.2) is 0 Å². The molecular weight excluding hydrogens is 444 g/mol. The highest BCUT2D eigenvalue weighted by Crippen LogP contribution is 2.68. The molecule has 10 nitrogen and oxygen atoms in total. The molecule has 0 heterocycles. The fourth-order valence-electron chi connectivity index (χ4n) is 7.76. The van der Waals surface area contributed by atoms with Crippen LogP contribution in [0.25, 0.3) is 0 Å². The number of carbonyl (C=O) groups excluding carboxylic acids is 1. The quantitative estimate of drug-likeness (QED) is 0.174. The predicted octanol–water partition coefficient (Wildman–Crippen LogP) is -0.633. The average Bonchev–Trinajstić information content (AvgIpc) is 2.94. The van der Waals surface area contributed by atoms with Crippen LogP contribution in [0.2, 0.25) is 0 Å². The van der Waals surface area contributed by atoms with Gasteiger partial charge in [-0.3, -0.25) is 4.79 Å². The second-order valence-electron chi connectivity index (χ2n) is 10.8. The minimum absolute atomic E-state index is 0.0353. The molecule has 0 saturated heterocycles. The standard InChI is InChI=1S/C21H33O10S/c1-4-32(29,30)31-21(28)19(24,25)10-18(3)13-7-8-17(2)12(5-6-15(17)23)11(13)9-14(22)16(18)20(21,26)27/h4,11-14,16,22,24-28H,5-10H2,1-3H3/q-1. The van der Waals surface area contributed by atoms with E-state index < -0.39 is 56.8 Å². The van der Waals surface area contributed by atoms with Crippen LogP contribution in [0, 0.1) is 40.3 Å². The third kappa shape index (κ3) is 2.95. The Kier molecular flexibility index (Phi) is 5.31. The number of aliphatic hydroxyl groups excluding tert-OH is 1. The van der Waals surface area contributed by atoms with Gasteiger partial charge in [-0.25, -0.2) is 12.6 Å². The number of hydrogen-bond acceptors (Lipinski definition) is 10. The largest absolute Gasteiger partial charge is 0.393 e. The number of aliphatic hydroxyl groups is 6. The van der Waals surface area contributed by atoms with Crippen molar-refractivity contribution in [1.29, 1.82) is 0 Å². The Morgan fingerprint density at radius 1 is 1.06 bits per heavy atom. The van der Waals surface area contributed by atoms with Crippen molar-refractivity contribution in [1.82, 2.24) is 0 Å². The van der Waals surface area contributed by atoms with Crippen LogP contribution in [-0.2, 0) is 19.1 Å². The van der Waals surface area contributed by atoms with E-state index in [0.29, 0.717) is 31.4 Å². The summed E-state index contributed by atoms with van der Waals surface area (Å²) in [5.74, 6) is -12.0. The number of Topliss-reactive ketones (excluding diaryl/α,β-unsaturated/α-hetero) is 1. The van der Waals surface area contributed by atoms with Gasteiger partial charge in [-0.05, 0) is 48.9 Å². The lowest BCUT2D eigenvalue weighted by molar-refractivity contribution is -0.496. The van der Waals surface area contributed by atoms with E-state index in [1.165, 1.54) is 0 Å². The molecule has 0 spiro atoms. The van der Waals surface area contributed by atoms with Crippen molar-refractivity contribution in [2.45, 2.75) is 82.8 Å². The van der Waals surface area contributed by atoms with E-state index in [9.17, 15) is 43.9 Å². The molecule has 0 aromatic heterocycles. The van der Waals surface area contributed by atoms with Gasteiger partial charge in [0.25, 0.3) is 5.79 Å². The average molecular weight is 478 g/mol. The normalized spacial score (nSPS) is 49.8. The fourth-order valence-corrected chi connectivity index (χ4v) is 8.45. The van der Waals surface area contributed by atoms with Crippen LogP contribution in [-0.4, -0.2) is 68.3 Å². The van der Waals surface area contributed by atoms with Gasteiger partial charge in [0.1, 0.15) is 15.9 Å². The first-order valence-corrected chi connectivity index (χ1v) is 12.5. The molecule has 0 radical (unpaired) electrons. The summed E-state index contributed by atoms with van der Waals surface area (Å²) >= 11 is 0. The van der Waals surface area contributed by atoms with Crippen LogP contribution >= 0.6 is 0 Å². The molecule has 11 heteroatoms. The number of ketones is 1. The summed E-state index contributed by atoms with van der Waals surface area (Å²) in [4.78, 5) is 12.6. The second-order valence-corrected chi connectivity index (χ2v) is 12.4. The van der Waals surface area contributed by atoms with Crippen molar-refractivity contribution in [2.75, 3.05) is 0 Å². The van der Waals surface area contributed by atoms with E-state index in [1.54, 1.807) is 6.92 Å². The lowest BCUT2D eigenvalue weighted by atomic mass is 9.42. The van der Waals surface area contributed by atoms with Crippen molar-refractivity contribution in [3.63, 3.8) is 0 Å². The number of fused-ring (bicyclic) bond motifs is 5. The highest BCUT2D eigenvalue weighted by atomic mass is 32.2. The number of rotatable bonds is 3. The smallest absolute Gasteiger partial charge is 0.289 e. The molecule has 4 rings (SSSR count). The Morgan fingerprint density at radius 2 is 1.69 bits per heavy atom. The summed E-state index contributed by atoms with van der Waals surface area (Å²) < 4.78 is 28.6. The van der Waals surface area contributed by atoms with Gasteiger partial charge in [0.2, 0.25) is 11.6 Å².